The van der Waals surface area contributed by atoms with Gasteiger partial charge < -0.3 is 13.3 Å². The molecule has 0 fully saturated rings. The number of aromatic nitrogens is 6. The summed E-state index contributed by atoms with van der Waals surface area (Å²) in [7, 11) is 0. The van der Waals surface area contributed by atoms with Gasteiger partial charge in [-0.15, -0.1) is 0 Å². The van der Waals surface area contributed by atoms with Crippen molar-refractivity contribution in [1.82, 2.24) is 28.7 Å². The Hall–Kier alpha value is -11.6. The second-order valence-electron chi connectivity index (χ2n) is 21.9. The van der Waals surface area contributed by atoms with Crippen molar-refractivity contribution in [1.29, 1.82) is 0 Å². The van der Waals surface area contributed by atoms with Crippen molar-refractivity contribution < 1.29 is 13.3 Å². The Morgan fingerprint density at radius 2 is 0.429 bits per heavy atom. The molecule has 0 atom stereocenters. The van der Waals surface area contributed by atoms with Crippen LogP contribution in [0.5, 0.6) is 0 Å². The average molecular weight is 1080 g/mol. The molecule has 0 spiro atoms. The summed E-state index contributed by atoms with van der Waals surface area (Å²) in [5, 5.41) is 13.0. The molecular formula is C75H42N6O3. The normalized spacial score (nSPS) is 12.3. The van der Waals surface area contributed by atoms with E-state index in [9.17, 15) is 0 Å². The predicted octanol–water partition coefficient (Wildman–Crippen LogP) is 19.9. The van der Waals surface area contributed by atoms with Crippen LogP contribution in [0.25, 0.3) is 182 Å². The summed E-state index contributed by atoms with van der Waals surface area (Å²) < 4.78 is 25.6. The summed E-state index contributed by atoms with van der Waals surface area (Å²) in [5.41, 5.74) is 17.4. The third-order valence-corrected chi connectivity index (χ3v) is 17.4. The molecule has 0 saturated heterocycles. The van der Waals surface area contributed by atoms with Crippen LogP contribution in [0, 0.1) is 0 Å². The van der Waals surface area contributed by atoms with Crippen molar-refractivity contribution in [2.24, 2.45) is 0 Å². The Morgan fingerprint density at radius 3 is 0.750 bits per heavy atom. The molecule has 9 nitrogen and oxygen atoms in total. The quantitative estimate of drug-likeness (QED) is 0.165. The number of hydrogen-bond donors (Lipinski definition) is 0. The van der Waals surface area contributed by atoms with Gasteiger partial charge in [-0.1, -0.05) is 164 Å². The van der Waals surface area contributed by atoms with Gasteiger partial charge in [-0.2, -0.15) is 15.0 Å². The lowest BCUT2D eigenvalue weighted by atomic mass is 10.0. The van der Waals surface area contributed by atoms with Crippen LogP contribution in [0.2, 0.25) is 0 Å². The summed E-state index contributed by atoms with van der Waals surface area (Å²) >= 11 is 0. The second kappa shape index (κ2) is 17.0. The fraction of sp³-hybridized carbons (Fsp3) is 0. The van der Waals surface area contributed by atoms with E-state index in [0.29, 0.717) is 17.8 Å². The van der Waals surface area contributed by atoms with Crippen LogP contribution < -0.4 is 0 Å². The predicted molar refractivity (Wildman–Crippen MR) is 341 cm³/mol. The zero-order chi connectivity index (χ0) is 54.7. The second-order valence-corrected chi connectivity index (χ2v) is 21.9. The number of para-hydroxylation sites is 6. The highest BCUT2D eigenvalue weighted by molar-refractivity contribution is 6.14. The minimum absolute atomic E-state index is 0.480. The van der Waals surface area contributed by atoms with E-state index < -0.39 is 0 Å². The number of rotatable bonds is 6. The molecule has 0 saturated carbocycles. The van der Waals surface area contributed by atoms with Crippen LogP contribution in [0.1, 0.15) is 0 Å². The minimum atomic E-state index is 0.480. The van der Waals surface area contributed by atoms with Gasteiger partial charge in [-0.05, 0) is 124 Å². The molecule has 0 bridgehead atoms. The lowest BCUT2D eigenvalue weighted by Crippen LogP contribution is -2.13. The number of fused-ring (bicyclic) bond motifs is 18. The van der Waals surface area contributed by atoms with Crippen LogP contribution in [0.15, 0.2) is 268 Å². The van der Waals surface area contributed by atoms with Crippen LogP contribution in [0.4, 0.5) is 0 Å². The lowest BCUT2D eigenvalue weighted by Gasteiger charge is -2.14. The maximum Gasteiger partial charge on any atom is 0.241 e. The summed E-state index contributed by atoms with van der Waals surface area (Å²) in [5.74, 6) is 1.44. The van der Waals surface area contributed by atoms with E-state index in [0.717, 1.165) is 165 Å². The number of hydrogen-bond acceptors (Lipinski definition) is 6. The molecule has 19 rings (SSSR count). The van der Waals surface area contributed by atoms with E-state index in [1.54, 1.807) is 0 Å². The largest absolute Gasteiger partial charge is 0.456 e. The average Bonchev–Trinajstić information content (AvgIpc) is 3.78. The molecule has 0 aliphatic carbocycles. The molecule has 12 aromatic carbocycles. The first kappa shape index (κ1) is 45.2. The molecule has 0 unspecified atom stereocenters. The van der Waals surface area contributed by atoms with E-state index in [-0.39, 0.29) is 0 Å². The number of furan rings is 3. The summed E-state index contributed by atoms with van der Waals surface area (Å²) in [6, 6.07) is 90.0. The maximum absolute atomic E-state index is 6.29. The molecule has 0 amide bonds. The summed E-state index contributed by atoms with van der Waals surface area (Å²) in [6.45, 7) is 0. The Bertz CT molecular complexity index is 5430. The molecule has 7 heterocycles. The van der Waals surface area contributed by atoms with E-state index >= 15 is 0 Å². The maximum atomic E-state index is 6.29. The molecule has 0 aliphatic rings. The van der Waals surface area contributed by atoms with Crippen LogP contribution in [-0.4, -0.2) is 28.7 Å². The highest BCUT2D eigenvalue weighted by atomic mass is 16.3. The van der Waals surface area contributed by atoms with Crippen molar-refractivity contribution >= 4 is 131 Å². The lowest BCUT2D eigenvalue weighted by molar-refractivity contribution is 0.668. The van der Waals surface area contributed by atoms with E-state index in [1.165, 1.54) is 0 Å². The molecular weight excluding hydrogens is 1030 g/mol. The van der Waals surface area contributed by atoms with Crippen molar-refractivity contribution in [3.63, 3.8) is 0 Å². The Kier molecular flexibility index (Phi) is 9.15. The van der Waals surface area contributed by atoms with Gasteiger partial charge in [-0.3, -0.25) is 13.7 Å². The van der Waals surface area contributed by atoms with Gasteiger partial charge in [0.2, 0.25) is 17.8 Å². The van der Waals surface area contributed by atoms with E-state index in [1.807, 2.05) is 36.4 Å². The molecule has 0 radical (unpaired) electrons. The van der Waals surface area contributed by atoms with Gasteiger partial charge in [0, 0.05) is 64.6 Å². The van der Waals surface area contributed by atoms with Crippen LogP contribution >= 0.6 is 0 Å². The van der Waals surface area contributed by atoms with Gasteiger partial charge in [-0.25, -0.2) is 0 Å². The Labute approximate surface area is 476 Å². The number of benzene rings is 12. The molecule has 19 aromatic rings. The first-order chi connectivity index (χ1) is 41.6. The zero-order valence-corrected chi connectivity index (χ0v) is 44.7. The Balaban J connectivity index is 0.885. The summed E-state index contributed by atoms with van der Waals surface area (Å²) in [4.78, 5) is 17.1. The molecule has 9 heteroatoms. The standard InChI is InChI=1S/C75H42N6O3/c1-7-19-61-49(13-1)52-31-25-46(43-28-34-70-58(37-43)55-16-4-10-22-67(55)82-70)40-64(52)79(61)73-76-74(80-62-20-8-2-14-50(62)53-32-26-47(41-65(53)80)44-29-35-71-59(38-44)56-17-5-11-23-68(56)83-71)78-75(77-73)81-63-21-9-3-15-51(63)54-33-27-48(42-66(54)81)45-30-36-72-60(39-45)57-18-6-12-24-69(57)84-72/h1-42H. The summed E-state index contributed by atoms with van der Waals surface area (Å²) in [6.07, 6.45) is 0. The zero-order valence-electron chi connectivity index (χ0n) is 44.7. The van der Waals surface area contributed by atoms with Crippen LogP contribution in [0.3, 0.4) is 0 Å². The van der Waals surface area contributed by atoms with E-state index in [2.05, 4.69) is 232 Å². The van der Waals surface area contributed by atoms with Gasteiger partial charge in [0.25, 0.3) is 0 Å². The van der Waals surface area contributed by atoms with Gasteiger partial charge in [0.05, 0.1) is 33.1 Å². The van der Waals surface area contributed by atoms with Crippen LogP contribution in [-0.2, 0) is 0 Å². The van der Waals surface area contributed by atoms with Gasteiger partial charge in [0.15, 0.2) is 0 Å². The minimum Gasteiger partial charge on any atom is -0.456 e. The van der Waals surface area contributed by atoms with Gasteiger partial charge >= 0.3 is 0 Å². The van der Waals surface area contributed by atoms with E-state index in [4.69, 9.17) is 28.2 Å². The van der Waals surface area contributed by atoms with Gasteiger partial charge in [0.1, 0.15) is 33.5 Å². The van der Waals surface area contributed by atoms with Crippen molar-refractivity contribution in [2.75, 3.05) is 0 Å². The first-order valence-electron chi connectivity index (χ1n) is 28.2. The highest BCUT2D eigenvalue weighted by Gasteiger charge is 2.25. The topological polar surface area (TPSA) is 92.9 Å². The third-order valence-electron chi connectivity index (χ3n) is 17.4. The van der Waals surface area contributed by atoms with Crippen molar-refractivity contribution in [3.05, 3.63) is 255 Å². The molecule has 390 valence electrons. The first-order valence-corrected chi connectivity index (χ1v) is 28.2. The van der Waals surface area contributed by atoms with Crippen molar-refractivity contribution in [2.45, 2.75) is 0 Å². The fourth-order valence-electron chi connectivity index (χ4n) is 13.5. The third kappa shape index (κ3) is 6.51. The monoisotopic (exact) mass is 1070 g/mol. The number of nitrogens with zero attached hydrogens (tertiary/aromatic N) is 6. The SMILES string of the molecule is c1ccc2c(c1)oc1ccc(-c3ccc4c5ccccc5n(-c5nc(-n6c7ccccc7c7ccc(-c8ccc9oc%10ccccc%10c9c8)cc76)nc(-n6c7ccccc7c7ccc(-c8ccc9oc%10ccccc%10c9c8)cc76)n5)c4c3)cc12. The van der Waals surface area contributed by atoms with Crippen molar-refractivity contribution in [3.8, 4) is 51.2 Å². The molecule has 84 heavy (non-hydrogen) atoms. The smallest absolute Gasteiger partial charge is 0.241 e. The molecule has 0 aliphatic heterocycles. The molecule has 0 N–H and O–H groups in total. The molecule has 7 aromatic heterocycles. The highest BCUT2D eigenvalue weighted by Crippen LogP contribution is 2.42. The fourth-order valence-corrected chi connectivity index (χ4v) is 13.5. The Morgan fingerprint density at radius 1 is 0.190 bits per heavy atom.